The van der Waals surface area contributed by atoms with Gasteiger partial charge in [0.2, 0.25) is 0 Å². The van der Waals surface area contributed by atoms with E-state index < -0.39 is 6.89 Å². The summed E-state index contributed by atoms with van der Waals surface area (Å²) >= 11 is 0. The van der Waals surface area contributed by atoms with Crippen molar-refractivity contribution in [2.45, 2.75) is 6.92 Å². The molecule has 0 aliphatic heterocycles. The molecule has 1 aliphatic carbocycles. The van der Waals surface area contributed by atoms with E-state index in [-0.39, 0.29) is 0 Å². The molecule has 3 aromatic rings. The minimum atomic E-state index is -1.01. The highest BCUT2D eigenvalue weighted by Gasteiger charge is 2.25. The molecule has 3 aromatic carbocycles. The van der Waals surface area contributed by atoms with Crippen LogP contribution in [0.5, 0.6) is 0 Å². The highest BCUT2D eigenvalue weighted by atomic mass is 31.2. The first-order valence-corrected chi connectivity index (χ1v) is 11.5. The molecule has 0 aromatic heterocycles. The monoisotopic (exact) mass is 332 g/mol. The van der Waals surface area contributed by atoms with Gasteiger partial charge in [0.25, 0.3) is 0 Å². The Labute approximate surface area is 146 Å². The number of benzene rings is 3. The number of hydrogen-bond donors (Lipinski definition) is 0. The van der Waals surface area contributed by atoms with Crippen molar-refractivity contribution < 1.29 is 0 Å². The standard InChI is InChI=1S/C16H17P.C7H8/c1-17(2,3)16-14-10-6-4-8-12(14)13-9-5-7-11-15(13)16;1-7-5-3-2-4-6-7/h4-11H,1-3H3;2-6H,1H3. The molecule has 1 heteroatoms. The molecule has 0 fully saturated rings. The van der Waals surface area contributed by atoms with Gasteiger partial charge in [0, 0.05) is 0 Å². The fourth-order valence-electron chi connectivity index (χ4n) is 3.25. The predicted molar refractivity (Wildman–Crippen MR) is 111 cm³/mol. The van der Waals surface area contributed by atoms with Gasteiger partial charge in [0.15, 0.2) is 0 Å². The fourth-order valence-corrected chi connectivity index (χ4v) is 5.09. The summed E-state index contributed by atoms with van der Waals surface area (Å²) in [4.78, 5) is 0. The van der Waals surface area contributed by atoms with Crippen molar-refractivity contribution in [2.24, 2.45) is 0 Å². The first kappa shape index (κ1) is 16.8. The molecule has 0 bridgehead atoms. The van der Waals surface area contributed by atoms with Crippen molar-refractivity contribution in [1.82, 2.24) is 0 Å². The van der Waals surface area contributed by atoms with Gasteiger partial charge in [0.05, 0.1) is 0 Å². The van der Waals surface area contributed by atoms with Crippen LogP contribution in [0.4, 0.5) is 0 Å². The lowest BCUT2D eigenvalue weighted by Crippen LogP contribution is -2.00. The van der Waals surface area contributed by atoms with E-state index in [1.54, 1.807) is 5.29 Å². The van der Waals surface area contributed by atoms with Crippen LogP contribution in [0.15, 0.2) is 78.9 Å². The van der Waals surface area contributed by atoms with Crippen LogP contribution in [0, 0.1) is 6.92 Å². The summed E-state index contributed by atoms with van der Waals surface area (Å²) in [6.07, 6.45) is 0. The molecule has 0 nitrogen and oxygen atoms in total. The Morgan fingerprint density at radius 3 is 1.21 bits per heavy atom. The molecule has 0 amide bonds. The molecular weight excluding hydrogens is 307 g/mol. The van der Waals surface area contributed by atoms with Gasteiger partial charge in [-0.1, -0.05) is 84.4 Å². The largest absolute Gasteiger partial charge is 0.105 e. The van der Waals surface area contributed by atoms with Crippen LogP contribution >= 0.6 is 6.89 Å². The van der Waals surface area contributed by atoms with Gasteiger partial charge < -0.3 is 0 Å². The number of rotatable bonds is 0. The summed E-state index contributed by atoms with van der Waals surface area (Å²) in [5, 5.41) is 1.59. The zero-order valence-corrected chi connectivity index (χ0v) is 15.8. The summed E-state index contributed by atoms with van der Waals surface area (Å²) in [5.41, 5.74) is 7.05. The molecule has 0 N–H and O–H groups in total. The van der Waals surface area contributed by atoms with Crippen molar-refractivity contribution in [3.05, 3.63) is 95.6 Å². The van der Waals surface area contributed by atoms with E-state index in [9.17, 15) is 0 Å². The second-order valence-corrected chi connectivity index (χ2v) is 11.6. The highest BCUT2D eigenvalue weighted by Crippen LogP contribution is 2.48. The average Bonchev–Trinajstić information content (AvgIpc) is 2.91. The van der Waals surface area contributed by atoms with Crippen molar-refractivity contribution in [1.29, 1.82) is 0 Å². The molecule has 0 saturated heterocycles. The molecule has 122 valence electrons. The Bertz CT molecular complexity index is 842. The minimum Gasteiger partial charge on any atom is -0.105 e. The number of hydrogen-bond acceptors (Lipinski definition) is 0. The van der Waals surface area contributed by atoms with Crippen LogP contribution in [0.3, 0.4) is 0 Å². The molecule has 0 unspecified atom stereocenters. The van der Waals surface area contributed by atoms with Crippen molar-refractivity contribution >= 4 is 12.2 Å². The third kappa shape index (κ3) is 3.40. The van der Waals surface area contributed by atoms with E-state index in [4.69, 9.17) is 0 Å². The van der Waals surface area contributed by atoms with Crippen molar-refractivity contribution in [3.8, 4) is 11.1 Å². The summed E-state index contributed by atoms with van der Waals surface area (Å²) < 4.78 is 0. The quantitative estimate of drug-likeness (QED) is 0.339. The van der Waals surface area contributed by atoms with E-state index in [2.05, 4.69) is 87.6 Å². The smallest absolute Gasteiger partial charge is 0.00982 e. The van der Waals surface area contributed by atoms with Gasteiger partial charge in [-0.25, -0.2) is 0 Å². The molecule has 4 rings (SSSR count). The molecule has 0 saturated carbocycles. The summed E-state index contributed by atoms with van der Waals surface area (Å²) in [6.45, 7) is 8.28. The van der Waals surface area contributed by atoms with E-state index in [1.165, 1.54) is 27.8 Å². The first-order valence-electron chi connectivity index (χ1n) is 8.38. The molecular formula is C23H25P. The highest BCUT2D eigenvalue weighted by molar-refractivity contribution is 7.75. The van der Waals surface area contributed by atoms with Gasteiger partial charge >= 0.3 is 0 Å². The molecule has 1 aliphatic rings. The van der Waals surface area contributed by atoms with Crippen molar-refractivity contribution in [3.63, 3.8) is 0 Å². The molecule has 0 heterocycles. The van der Waals surface area contributed by atoms with Crippen molar-refractivity contribution in [2.75, 3.05) is 20.0 Å². The number of fused-ring (bicyclic) bond motifs is 3. The van der Waals surface area contributed by atoms with Gasteiger partial charge in [0.1, 0.15) is 0 Å². The molecule has 0 spiro atoms. The third-order valence-corrected chi connectivity index (χ3v) is 6.09. The lowest BCUT2D eigenvalue weighted by Gasteiger charge is -2.15. The van der Waals surface area contributed by atoms with Crippen LogP contribution in [-0.2, 0) is 0 Å². The summed E-state index contributed by atoms with van der Waals surface area (Å²) in [7, 11) is 0. The van der Waals surface area contributed by atoms with E-state index in [0.29, 0.717) is 0 Å². The van der Waals surface area contributed by atoms with Crippen LogP contribution in [0.1, 0.15) is 16.7 Å². The normalized spacial score (nSPS) is 12.1. The first-order chi connectivity index (χ1) is 11.5. The van der Waals surface area contributed by atoms with E-state index in [1.807, 2.05) is 18.2 Å². The van der Waals surface area contributed by atoms with Crippen LogP contribution in [0.2, 0.25) is 0 Å². The molecule has 0 atom stereocenters. The molecule has 24 heavy (non-hydrogen) atoms. The lowest BCUT2D eigenvalue weighted by atomic mass is 10.1. The average molecular weight is 332 g/mol. The minimum absolute atomic E-state index is 1.01. The van der Waals surface area contributed by atoms with Crippen LogP contribution in [0.25, 0.3) is 11.1 Å². The van der Waals surface area contributed by atoms with Gasteiger partial charge in [-0.15, -0.1) is 6.89 Å². The fraction of sp³-hybridized carbons (Fsp3) is 0.174. The second-order valence-electron chi connectivity index (χ2n) is 7.11. The van der Waals surface area contributed by atoms with Gasteiger partial charge in [-0.05, 0) is 54.5 Å². The lowest BCUT2D eigenvalue weighted by molar-refractivity contribution is 1.48. The zero-order valence-electron chi connectivity index (χ0n) is 15.0. The van der Waals surface area contributed by atoms with Gasteiger partial charge in [-0.3, -0.25) is 0 Å². The van der Waals surface area contributed by atoms with E-state index in [0.717, 1.165) is 0 Å². The summed E-state index contributed by atoms with van der Waals surface area (Å²) in [5.74, 6) is 0. The third-order valence-electron chi connectivity index (χ3n) is 4.27. The number of aryl methyl sites for hydroxylation is 1. The predicted octanol–water partition coefficient (Wildman–Crippen LogP) is 6.14. The van der Waals surface area contributed by atoms with Crippen LogP contribution < -0.4 is 0 Å². The zero-order chi connectivity index (χ0) is 17.2. The Hall–Kier alpha value is -2.04. The maximum atomic E-state index is 2.40. The maximum Gasteiger partial charge on any atom is -0.00982 e. The van der Waals surface area contributed by atoms with E-state index >= 15 is 0 Å². The topological polar surface area (TPSA) is 0 Å². The molecule has 0 radical (unpaired) electrons. The Balaban J connectivity index is 0.000000203. The maximum absolute atomic E-state index is 2.40. The van der Waals surface area contributed by atoms with Crippen LogP contribution in [-0.4, -0.2) is 25.3 Å². The Morgan fingerprint density at radius 2 is 0.875 bits per heavy atom. The Kier molecular flexibility index (Phi) is 4.78. The van der Waals surface area contributed by atoms with Gasteiger partial charge in [-0.2, -0.15) is 0 Å². The Morgan fingerprint density at radius 1 is 0.500 bits per heavy atom. The SMILES string of the molecule is CP(C)(C)=C1c2ccccc2-c2ccccc21.Cc1ccccc1. The summed E-state index contributed by atoms with van der Waals surface area (Å²) in [6, 6.07) is 27.9. The second kappa shape index (κ2) is 6.83.